The third-order valence-corrected chi connectivity index (χ3v) is 4.28. The number of thiazole rings is 1. The van der Waals surface area contributed by atoms with Crippen LogP contribution >= 0.6 is 11.3 Å². The van der Waals surface area contributed by atoms with Gasteiger partial charge in [0.15, 0.2) is 0 Å². The maximum Gasteiger partial charge on any atom is 0.124 e. The molecule has 0 saturated heterocycles. The van der Waals surface area contributed by atoms with Gasteiger partial charge in [0.1, 0.15) is 10.8 Å². The molecule has 0 aliphatic heterocycles. The van der Waals surface area contributed by atoms with Crippen LogP contribution in [0.15, 0.2) is 42.5 Å². The van der Waals surface area contributed by atoms with E-state index in [9.17, 15) is 0 Å². The number of nitrogens with zero attached hydrogens (tertiary/aromatic N) is 2. The molecule has 5 heteroatoms. The molecule has 0 fully saturated rings. The second-order valence-corrected chi connectivity index (χ2v) is 5.96. The molecular formula is C16H17N3OS. The number of hydrazine groups is 1. The number of benzene rings is 2. The van der Waals surface area contributed by atoms with Crippen molar-refractivity contribution in [1.29, 1.82) is 0 Å². The SMILES string of the molecule is COc1cc(CN(C)N)c2nc(-c3ccccc3)sc2c1. The number of aromatic nitrogens is 1. The Morgan fingerprint density at radius 3 is 2.67 bits per heavy atom. The van der Waals surface area contributed by atoms with Crippen molar-refractivity contribution >= 4 is 21.6 Å². The fourth-order valence-electron chi connectivity index (χ4n) is 2.28. The zero-order valence-electron chi connectivity index (χ0n) is 12.0. The topological polar surface area (TPSA) is 51.4 Å². The molecule has 108 valence electrons. The number of rotatable bonds is 4. The van der Waals surface area contributed by atoms with Gasteiger partial charge >= 0.3 is 0 Å². The molecule has 3 rings (SSSR count). The Labute approximate surface area is 127 Å². The number of nitrogens with two attached hydrogens (primary N) is 1. The summed E-state index contributed by atoms with van der Waals surface area (Å²) >= 11 is 1.67. The average molecular weight is 299 g/mol. The highest BCUT2D eigenvalue weighted by atomic mass is 32.1. The lowest BCUT2D eigenvalue weighted by Gasteiger charge is -2.11. The van der Waals surface area contributed by atoms with Crippen molar-refractivity contribution in [1.82, 2.24) is 9.99 Å². The third kappa shape index (κ3) is 2.90. The molecule has 21 heavy (non-hydrogen) atoms. The predicted octanol–water partition coefficient (Wildman–Crippen LogP) is 3.28. The molecule has 0 aliphatic rings. The second kappa shape index (κ2) is 5.81. The van der Waals surface area contributed by atoms with E-state index in [0.717, 1.165) is 32.1 Å². The number of hydrogen-bond donors (Lipinski definition) is 1. The van der Waals surface area contributed by atoms with Gasteiger partial charge in [-0.1, -0.05) is 30.3 Å². The monoisotopic (exact) mass is 299 g/mol. The molecule has 1 heterocycles. The zero-order valence-corrected chi connectivity index (χ0v) is 12.9. The largest absolute Gasteiger partial charge is 0.497 e. The van der Waals surface area contributed by atoms with E-state index in [1.807, 2.05) is 37.4 Å². The molecule has 0 atom stereocenters. The lowest BCUT2D eigenvalue weighted by Crippen LogP contribution is -2.25. The molecule has 0 radical (unpaired) electrons. The summed E-state index contributed by atoms with van der Waals surface area (Å²) in [7, 11) is 3.52. The summed E-state index contributed by atoms with van der Waals surface area (Å²) in [6.07, 6.45) is 0. The van der Waals surface area contributed by atoms with Gasteiger partial charge in [0, 0.05) is 19.2 Å². The molecule has 4 nitrogen and oxygen atoms in total. The van der Waals surface area contributed by atoms with E-state index in [0.29, 0.717) is 6.54 Å². The predicted molar refractivity (Wildman–Crippen MR) is 87.3 cm³/mol. The van der Waals surface area contributed by atoms with Crippen LogP contribution in [0.1, 0.15) is 5.56 Å². The summed E-state index contributed by atoms with van der Waals surface area (Å²) in [6.45, 7) is 0.631. The van der Waals surface area contributed by atoms with Crippen LogP contribution in [-0.4, -0.2) is 24.2 Å². The molecule has 2 aromatic carbocycles. The Bertz CT molecular complexity index is 753. The van der Waals surface area contributed by atoms with Crippen molar-refractivity contribution in [3.05, 3.63) is 48.0 Å². The lowest BCUT2D eigenvalue weighted by atomic mass is 10.1. The van der Waals surface area contributed by atoms with Gasteiger partial charge < -0.3 is 4.74 Å². The number of hydrogen-bond acceptors (Lipinski definition) is 5. The molecule has 0 bridgehead atoms. The van der Waals surface area contributed by atoms with E-state index in [4.69, 9.17) is 15.6 Å². The van der Waals surface area contributed by atoms with Crippen LogP contribution in [0.4, 0.5) is 0 Å². The highest BCUT2D eigenvalue weighted by molar-refractivity contribution is 7.21. The molecule has 0 spiro atoms. The maximum absolute atomic E-state index is 5.79. The quantitative estimate of drug-likeness (QED) is 0.593. The average Bonchev–Trinajstić information content (AvgIpc) is 2.91. The molecule has 3 aromatic rings. The van der Waals surface area contributed by atoms with Gasteiger partial charge in [-0.15, -0.1) is 11.3 Å². The molecule has 0 unspecified atom stereocenters. The Hall–Kier alpha value is -1.95. The molecule has 0 aliphatic carbocycles. The standard InChI is InChI=1S/C16H17N3OS/c1-19(17)10-12-8-13(20-2)9-14-15(12)18-16(21-14)11-6-4-3-5-7-11/h3-9H,10,17H2,1-2H3. The number of fused-ring (bicyclic) bond motifs is 1. The van der Waals surface area contributed by atoms with Gasteiger partial charge in [0.2, 0.25) is 0 Å². The Kier molecular flexibility index (Phi) is 3.88. The number of ether oxygens (including phenoxy) is 1. The summed E-state index contributed by atoms with van der Waals surface area (Å²) in [5.74, 6) is 6.63. The van der Waals surface area contributed by atoms with Gasteiger partial charge in [0.25, 0.3) is 0 Å². The van der Waals surface area contributed by atoms with Gasteiger partial charge in [-0.3, -0.25) is 5.84 Å². The van der Waals surface area contributed by atoms with Gasteiger partial charge in [-0.05, 0) is 17.7 Å². The molecule has 2 N–H and O–H groups in total. The molecule has 1 aromatic heterocycles. The van der Waals surface area contributed by atoms with Crippen molar-refractivity contribution in [2.75, 3.05) is 14.2 Å². The summed E-state index contributed by atoms with van der Waals surface area (Å²) < 4.78 is 6.49. The van der Waals surface area contributed by atoms with Crippen molar-refractivity contribution in [3.8, 4) is 16.3 Å². The van der Waals surface area contributed by atoms with E-state index < -0.39 is 0 Å². The van der Waals surface area contributed by atoms with Crippen molar-refractivity contribution < 1.29 is 4.74 Å². The van der Waals surface area contributed by atoms with Crippen LogP contribution in [0.25, 0.3) is 20.8 Å². The summed E-state index contributed by atoms with van der Waals surface area (Å²) in [5.41, 5.74) is 3.20. The molecular weight excluding hydrogens is 282 g/mol. The van der Waals surface area contributed by atoms with Crippen LogP contribution in [0.2, 0.25) is 0 Å². The van der Waals surface area contributed by atoms with Crippen molar-refractivity contribution in [2.45, 2.75) is 6.54 Å². The zero-order chi connectivity index (χ0) is 14.8. The Morgan fingerprint density at radius 1 is 1.24 bits per heavy atom. The minimum atomic E-state index is 0.631. The first kappa shape index (κ1) is 14.0. The molecule has 0 amide bonds. The second-order valence-electron chi connectivity index (χ2n) is 4.93. The van der Waals surface area contributed by atoms with Crippen LogP contribution < -0.4 is 10.6 Å². The van der Waals surface area contributed by atoms with Gasteiger partial charge in [-0.25, -0.2) is 9.99 Å². The van der Waals surface area contributed by atoms with E-state index in [1.54, 1.807) is 23.5 Å². The first-order valence-corrected chi connectivity index (χ1v) is 7.47. The van der Waals surface area contributed by atoms with E-state index in [1.165, 1.54) is 0 Å². The first-order chi connectivity index (χ1) is 10.2. The minimum absolute atomic E-state index is 0.631. The van der Waals surface area contributed by atoms with Gasteiger partial charge in [0.05, 0.1) is 17.3 Å². The van der Waals surface area contributed by atoms with E-state index in [-0.39, 0.29) is 0 Å². The van der Waals surface area contributed by atoms with Crippen molar-refractivity contribution in [2.24, 2.45) is 5.84 Å². The fourth-order valence-corrected chi connectivity index (χ4v) is 3.33. The van der Waals surface area contributed by atoms with Crippen LogP contribution in [-0.2, 0) is 6.54 Å². The minimum Gasteiger partial charge on any atom is -0.497 e. The van der Waals surface area contributed by atoms with Gasteiger partial charge in [-0.2, -0.15) is 0 Å². The Morgan fingerprint density at radius 2 is 2.00 bits per heavy atom. The lowest BCUT2D eigenvalue weighted by molar-refractivity contribution is 0.341. The first-order valence-electron chi connectivity index (χ1n) is 6.66. The maximum atomic E-state index is 5.79. The normalized spacial score (nSPS) is 11.2. The summed E-state index contributed by atoms with van der Waals surface area (Å²) in [5, 5.41) is 2.66. The molecule has 0 saturated carbocycles. The van der Waals surface area contributed by atoms with Crippen LogP contribution in [0.3, 0.4) is 0 Å². The smallest absolute Gasteiger partial charge is 0.124 e. The number of methoxy groups -OCH3 is 1. The van der Waals surface area contributed by atoms with Crippen molar-refractivity contribution in [3.63, 3.8) is 0 Å². The highest BCUT2D eigenvalue weighted by Crippen LogP contribution is 2.34. The van der Waals surface area contributed by atoms with Crippen LogP contribution in [0, 0.1) is 0 Å². The van der Waals surface area contributed by atoms with E-state index in [2.05, 4.69) is 12.1 Å². The van der Waals surface area contributed by atoms with E-state index >= 15 is 0 Å². The fraction of sp³-hybridized carbons (Fsp3) is 0.188. The Balaban J connectivity index is 2.15. The van der Waals surface area contributed by atoms with Crippen LogP contribution in [0.5, 0.6) is 5.75 Å². The third-order valence-electron chi connectivity index (χ3n) is 3.22. The summed E-state index contributed by atoms with van der Waals surface area (Å²) in [6, 6.07) is 14.2. The highest BCUT2D eigenvalue weighted by Gasteiger charge is 2.12. The summed E-state index contributed by atoms with van der Waals surface area (Å²) in [4.78, 5) is 4.79.